The van der Waals surface area contributed by atoms with Crippen LogP contribution >= 0.6 is 0 Å². The van der Waals surface area contributed by atoms with Crippen LogP contribution in [0.1, 0.15) is 16.8 Å². The summed E-state index contributed by atoms with van der Waals surface area (Å²) in [6.45, 7) is 4.16. The van der Waals surface area contributed by atoms with Gasteiger partial charge in [-0.1, -0.05) is 16.8 Å². The Balaban J connectivity index is 0.000000505. The minimum Gasteiger partial charge on any atom is -0.378 e. The second-order valence-electron chi connectivity index (χ2n) is 5.23. The summed E-state index contributed by atoms with van der Waals surface area (Å²) in [6.07, 6.45) is 3.85. The summed E-state index contributed by atoms with van der Waals surface area (Å²) in [4.78, 5) is 2.08. The van der Waals surface area contributed by atoms with E-state index in [0.29, 0.717) is 0 Å². The fourth-order valence-corrected chi connectivity index (χ4v) is 1.79. The normalized spacial score (nSPS) is 11.2. The molecule has 0 saturated heterocycles. The highest BCUT2D eigenvalue weighted by atomic mass is 35.7. The molecule has 0 fully saturated rings. The summed E-state index contributed by atoms with van der Waals surface area (Å²) in [5, 5.41) is 4.49. The van der Waals surface area contributed by atoms with Gasteiger partial charge in [0, 0.05) is 38.3 Å². The van der Waals surface area contributed by atoms with Crippen LogP contribution in [0.25, 0.3) is 0 Å². The van der Waals surface area contributed by atoms with Gasteiger partial charge >= 0.3 is 0 Å². The molecule has 0 aliphatic carbocycles. The lowest BCUT2D eigenvalue weighted by molar-refractivity contribution is -2.00. The fraction of sp³-hybridized carbons (Fsp3) is 0.250. The van der Waals surface area contributed by atoms with E-state index in [1.165, 1.54) is 11.3 Å². The Hall–Kier alpha value is -2.03. The Morgan fingerprint density at radius 1 is 1.00 bits per heavy atom. The third-order valence-corrected chi connectivity index (χ3v) is 3.23. The van der Waals surface area contributed by atoms with Crippen LogP contribution in [0, 0.1) is 24.1 Å². The van der Waals surface area contributed by atoms with E-state index >= 15 is 0 Å². The van der Waals surface area contributed by atoms with Gasteiger partial charge in [0.25, 0.3) is 0 Å². The fourth-order valence-electron chi connectivity index (χ4n) is 1.79. The van der Waals surface area contributed by atoms with Crippen LogP contribution in [0.3, 0.4) is 0 Å². The Kier molecular flexibility index (Phi) is 7.27. The summed E-state index contributed by atoms with van der Waals surface area (Å²) in [5.41, 5.74) is 4.68. The molecule has 0 spiro atoms. The van der Waals surface area contributed by atoms with Crippen LogP contribution in [0.4, 0.5) is 5.69 Å². The second kappa shape index (κ2) is 8.72. The van der Waals surface area contributed by atoms with Gasteiger partial charge < -0.3 is 4.90 Å². The molecule has 7 nitrogen and oxygen atoms in total. The van der Waals surface area contributed by atoms with Gasteiger partial charge in [0.2, 0.25) is 11.9 Å². The molecule has 0 bridgehead atoms. The van der Waals surface area contributed by atoms with Gasteiger partial charge in [-0.2, -0.15) is 0 Å². The zero-order chi connectivity index (χ0) is 18.3. The first-order valence-electron chi connectivity index (χ1n) is 6.99. The SMILES string of the molecule is Cc1ccc[n+](N=Cc2ccc(N(C)C)cc2)c1C.[O-][Cl+3]([O-])([O-])[O-]. The van der Waals surface area contributed by atoms with Gasteiger partial charge in [-0.05, 0) is 35.8 Å². The molecule has 0 N–H and O–H groups in total. The summed E-state index contributed by atoms with van der Waals surface area (Å²) in [5.74, 6) is 0. The van der Waals surface area contributed by atoms with E-state index in [4.69, 9.17) is 18.6 Å². The van der Waals surface area contributed by atoms with E-state index in [2.05, 4.69) is 54.2 Å². The predicted octanol–water partition coefficient (Wildman–Crippen LogP) is -2.22. The lowest BCUT2D eigenvalue weighted by Gasteiger charge is -2.17. The number of rotatable bonds is 3. The summed E-state index contributed by atoms with van der Waals surface area (Å²) < 4.78 is 35.9. The van der Waals surface area contributed by atoms with Gasteiger partial charge in [0.05, 0.1) is 0 Å². The molecule has 0 amide bonds. The standard InChI is InChI=1S/C16H20N3.ClHO4/c1-13-6-5-11-19(14(13)2)17-12-15-7-9-16(10-8-15)18(3)4;2-1(3,4)5/h5-12H,1-4H3;(H,2,3,4,5)/q+1;/p-1. The Labute approximate surface area is 143 Å². The minimum absolute atomic E-state index is 1.10. The van der Waals surface area contributed by atoms with Gasteiger partial charge in [0.1, 0.15) is 6.21 Å². The second-order valence-corrected chi connectivity index (χ2v) is 5.99. The first-order chi connectivity index (χ1) is 11.1. The first-order valence-corrected chi connectivity index (χ1v) is 8.23. The van der Waals surface area contributed by atoms with Crippen LogP contribution in [0.5, 0.6) is 0 Å². The zero-order valence-corrected chi connectivity index (χ0v) is 14.7. The average molecular weight is 354 g/mol. The third-order valence-electron chi connectivity index (χ3n) is 3.23. The molecule has 8 heteroatoms. The molecular formula is C16H20ClN3O4. The monoisotopic (exact) mass is 353 g/mol. The van der Waals surface area contributed by atoms with Gasteiger partial charge in [-0.15, -0.1) is 10.2 Å². The Morgan fingerprint density at radius 2 is 1.54 bits per heavy atom. The molecule has 0 unspecified atom stereocenters. The molecule has 1 aromatic carbocycles. The van der Waals surface area contributed by atoms with E-state index in [1.54, 1.807) is 0 Å². The van der Waals surface area contributed by atoms with Crippen molar-refractivity contribution in [3.63, 3.8) is 0 Å². The molecule has 1 heterocycles. The summed E-state index contributed by atoms with van der Waals surface area (Å²) >= 11 is 0. The van der Waals surface area contributed by atoms with Crippen LogP contribution < -0.4 is 28.2 Å². The van der Waals surface area contributed by atoms with Crippen molar-refractivity contribution in [1.29, 1.82) is 0 Å². The molecule has 0 aliphatic heterocycles. The van der Waals surface area contributed by atoms with Gasteiger partial charge in [0.15, 0.2) is 0 Å². The van der Waals surface area contributed by atoms with Crippen molar-refractivity contribution in [2.24, 2.45) is 5.10 Å². The number of aromatic nitrogens is 1. The topological polar surface area (TPSA) is 112 Å². The summed E-state index contributed by atoms with van der Waals surface area (Å²) in [7, 11) is -0.871. The van der Waals surface area contributed by atoms with Crippen molar-refractivity contribution < 1.29 is 33.6 Å². The number of anilines is 1. The molecule has 0 aliphatic rings. The van der Waals surface area contributed by atoms with Gasteiger partial charge in [-0.25, -0.2) is 18.6 Å². The van der Waals surface area contributed by atoms with Crippen LogP contribution in [0.2, 0.25) is 0 Å². The number of halogens is 1. The lowest BCUT2D eigenvalue weighted by Crippen LogP contribution is -2.68. The number of hydrogen-bond donors (Lipinski definition) is 0. The molecule has 1 aromatic heterocycles. The highest BCUT2D eigenvalue weighted by Gasteiger charge is 2.06. The van der Waals surface area contributed by atoms with Crippen molar-refractivity contribution in [1.82, 2.24) is 0 Å². The highest BCUT2D eigenvalue weighted by Crippen LogP contribution is 2.10. The lowest BCUT2D eigenvalue weighted by atomic mass is 10.2. The van der Waals surface area contributed by atoms with E-state index in [1.807, 2.05) is 37.2 Å². The molecule has 2 rings (SSSR count). The average Bonchev–Trinajstić information content (AvgIpc) is 2.47. The van der Waals surface area contributed by atoms with Gasteiger partial charge in [-0.3, -0.25) is 0 Å². The molecule has 0 atom stereocenters. The molecule has 130 valence electrons. The smallest absolute Gasteiger partial charge is 0.214 e. The van der Waals surface area contributed by atoms with Crippen molar-refractivity contribution in [3.05, 3.63) is 59.4 Å². The van der Waals surface area contributed by atoms with Crippen molar-refractivity contribution in [3.8, 4) is 0 Å². The van der Waals surface area contributed by atoms with Crippen molar-refractivity contribution in [2.75, 3.05) is 19.0 Å². The third kappa shape index (κ3) is 7.49. The van der Waals surface area contributed by atoms with Crippen LogP contribution in [0.15, 0.2) is 47.7 Å². The molecule has 0 radical (unpaired) electrons. The van der Waals surface area contributed by atoms with Crippen molar-refractivity contribution in [2.45, 2.75) is 13.8 Å². The molecule has 0 saturated carbocycles. The maximum Gasteiger partial charge on any atom is 0.214 e. The predicted molar refractivity (Wildman–Crippen MR) is 79.9 cm³/mol. The van der Waals surface area contributed by atoms with E-state index in [-0.39, 0.29) is 0 Å². The number of nitrogens with zero attached hydrogens (tertiary/aromatic N) is 3. The summed E-state index contributed by atoms with van der Waals surface area (Å²) in [6, 6.07) is 12.4. The number of aryl methyl sites for hydroxylation is 1. The zero-order valence-electron chi connectivity index (χ0n) is 14.0. The quantitative estimate of drug-likeness (QED) is 0.458. The molecule has 24 heavy (non-hydrogen) atoms. The van der Waals surface area contributed by atoms with E-state index in [9.17, 15) is 0 Å². The number of benzene rings is 1. The minimum atomic E-state index is -4.94. The van der Waals surface area contributed by atoms with E-state index in [0.717, 1.165) is 11.3 Å². The largest absolute Gasteiger partial charge is 0.378 e. The van der Waals surface area contributed by atoms with E-state index < -0.39 is 10.2 Å². The maximum absolute atomic E-state index is 8.49. The number of hydrogen-bond acceptors (Lipinski definition) is 6. The van der Waals surface area contributed by atoms with Crippen LogP contribution in [-0.4, -0.2) is 20.3 Å². The molecule has 2 aromatic rings. The first kappa shape index (κ1) is 20.0. The van der Waals surface area contributed by atoms with Crippen molar-refractivity contribution >= 4 is 11.9 Å². The molecular weight excluding hydrogens is 334 g/mol. The van der Waals surface area contributed by atoms with Crippen LogP contribution in [-0.2, 0) is 0 Å². The Morgan fingerprint density at radius 3 is 2.04 bits per heavy atom. The Bertz CT molecular complexity index is 677. The highest BCUT2D eigenvalue weighted by molar-refractivity contribution is 5.79. The number of pyridine rings is 1. The maximum atomic E-state index is 8.49.